The fraction of sp³-hybridized carbons (Fsp3) is 0. The van der Waals surface area contributed by atoms with Gasteiger partial charge < -0.3 is 10.4 Å². The van der Waals surface area contributed by atoms with Gasteiger partial charge in [-0.05, 0) is 35.7 Å². The standard InChI is InChI=1S/C17H13NO5S/c19-14-8-12-6-7-13(9-15(12)16(10-14)24(21,22)23)18-17(20)11-4-2-1-3-5-11/h1-10,19H,(H,18,20)(H,21,22,23). The summed E-state index contributed by atoms with van der Waals surface area (Å²) in [4.78, 5) is 11.7. The maximum Gasteiger partial charge on any atom is 0.295 e. The molecule has 0 aliphatic rings. The lowest BCUT2D eigenvalue weighted by Crippen LogP contribution is -2.11. The number of amides is 1. The Hall–Kier alpha value is -2.90. The SMILES string of the molecule is O=C(Nc1ccc2cc(O)cc(S(=O)(=O)O)c2c1)c1ccccc1. The molecule has 0 radical (unpaired) electrons. The van der Waals surface area contributed by atoms with Crippen LogP contribution in [0.1, 0.15) is 10.4 Å². The molecule has 0 aliphatic heterocycles. The zero-order valence-electron chi connectivity index (χ0n) is 12.3. The first kappa shape index (κ1) is 16.0. The van der Waals surface area contributed by atoms with Crippen molar-refractivity contribution >= 4 is 32.5 Å². The minimum Gasteiger partial charge on any atom is -0.508 e. The average Bonchev–Trinajstić information content (AvgIpc) is 2.54. The van der Waals surface area contributed by atoms with Gasteiger partial charge >= 0.3 is 0 Å². The quantitative estimate of drug-likeness (QED) is 0.634. The summed E-state index contributed by atoms with van der Waals surface area (Å²) in [6.45, 7) is 0. The molecule has 0 saturated heterocycles. The Kier molecular flexibility index (Phi) is 3.96. The van der Waals surface area contributed by atoms with Crippen LogP contribution in [-0.4, -0.2) is 24.0 Å². The highest BCUT2D eigenvalue weighted by Gasteiger charge is 2.16. The lowest BCUT2D eigenvalue weighted by Gasteiger charge is -2.09. The Bertz CT molecular complexity index is 1030. The molecule has 0 fully saturated rings. The molecule has 0 saturated carbocycles. The first-order chi connectivity index (χ1) is 11.3. The molecule has 24 heavy (non-hydrogen) atoms. The monoisotopic (exact) mass is 343 g/mol. The van der Waals surface area contributed by atoms with Gasteiger partial charge in [0.15, 0.2) is 0 Å². The lowest BCUT2D eigenvalue weighted by atomic mass is 10.1. The third-order valence-corrected chi connectivity index (χ3v) is 4.37. The van der Waals surface area contributed by atoms with Crippen molar-refractivity contribution in [3.05, 3.63) is 66.2 Å². The maximum absolute atomic E-state index is 12.2. The van der Waals surface area contributed by atoms with E-state index in [0.717, 1.165) is 6.07 Å². The van der Waals surface area contributed by atoms with Gasteiger partial charge in [-0.25, -0.2) is 0 Å². The minimum atomic E-state index is -4.52. The van der Waals surface area contributed by atoms with E-state index in [1.165, 1.54) is 12.1 Å². The Morgan fingerprint density at radius 3 is 2.33 bits per heavy atom. The maximum atomic E-state index is 12.2. The van der Waals surface area contributed by atoms with Crippen LogP contribution < -0.4 is 5.32 Å². The normalized spacial score (nSPS) is 11.4. The predicted octanol–water partition coefficient (Wildman–Crippen LogP) is 3.04. The van der Waals surface area contributed by atoms with Crippen molar-refractivity contribution in [2.45, 2.75) is 4.90 Å². The molecule has 122 valence electrons. The average molecular weight is 343 g/mol. The smallest absolute Gasteiger partial charge is 0.295 e. The van der Waals surface area contributed by atoms with Crippen LogP contribution in [0.15, 0.2) is 65.6 Å². The number of nitrogens with one attached hydrogen (secondary N) is 1. The number of phenolic OH excluding ortho intramolecular Hbond substituents is 1. The molecule has 0 heterocycles. The summed E-state index contributed by atoms with van der Waals surface area (Å²) in [5, 5.41) is 12.9. The van der Waals surface area contributed by atoms with Gasteiger partial charge in [-0.2, -0.15) is 8.42 Å². The minimum absolute atomic E-state index is 0.196. The molecule has 0 aromatic heterocycles. The van der Waals surface area contributed by atoms with Gasteiger partial charge in [-0.1, -0.05) is 24.3 Å². The van der Waals surface area contributed by atoms with E-state index in [1.807, 2.05) is 0 Å². The molecule has 0 aliphatic carbocycles. The Morgan fingerprint density at radius 2 is 1.67 bits per heavy atom. The van der Waals surface area contributed by atoms with E-state index in [2.05, 4.69) is 5.32 Å². The van der Waals surface area contributed by atoms with Crippen molar-refractivity contribution in [1.82, 2.24) is 0 Å². The third-order valence-electron chi connectivity index (χ3n) is 3.47. The van der Waals surface area contributed by atoms with E-state index in [4.69, 9.17) is 0 Å². The van der Waals surface area contributed by atoms with Crippen LogP contribution in [0.3, 0.4) is 0 Å². The summed E-state index contributed by atoms with van der Waals surface area (Å²) >= 11 is 0. The molecular weight excluding hydrogens is 330 g/mol. The van der Waals surface area contributed by atoms with Gasteiger partial charge in [0, 0.05) is 22.7 Å². The van der Waals surface area contributed by atoms with Gasteiger partial charge in [0.25, 0.3) is 16.0 Å². The molecule has 7 heteroatoms. The molecule has 0 unspecified atom stereocenters. The second-order valence-electron chi connectivity index (χ2n) is 5.18. The second-order valence-corrected chi connectivity index (χ2v) is 6.56. The summed E-state index contributed by atoms with van der Waals surface area (Å²) < 4.78 is 32.4. The number of carbonyl (C=O) groups is 1. The predicted molar refractivity (Wildman–Crippen MR) is 89.8 cm³/mol. The van der Waals surface area contributed by atoms with E-state index in [1.54, 1.807) is 42.5 Å². The Labute approximate surface area is 138 Å². The number of rotatable bonds is 3. The third kappa shape index (κ3) is 3.22. The summed E-state index contributed by atoms with van der Waals surface area (Å²) in [6, 6.07) is 15.4. The van der Waals surface area contributed by atoms with Crippen LogP contribution >= 0.6 is 0 Å². The van der Waals surface area contributed by atoms with Gasteiger partial charge in [-0.3, -0.25) is 9.35 Å². The Morgan fingerprint density at radius 1 is 0.958 bits per heavy atom. The zero-order valence-corrected chi connectivity index (χ0v) is 13.1. The number of hydrogen-bond acceptors (Lipinski definition) is 4. The fourth-order valence-corrected chi connectivity index (χ4v) is 3.12. The highest BCUT2D eigenvalue weighted by molar-refractivity contribution is 7.86. The van der Waals surface area contributed by atoms with Crippen LogP contribution in [0.2, 0.25) is 0 Å². The molecule has 3 N–H and O–H groups in total. The molecular formula is C17H13NO5S. The van der Waals surface area contributed by atoms with E-state index in [-0.39, 0.29) is 17.0 Å². The molecule has 6 nitrogen and oxygen atoms in total. The van der Waals surface area contributed by atoms with Crippen LogP contribution in [0.25, 0.3) is 10.8 Å². The molecule has 3 rings (SSSR count). The van der Waals surface area contributed by atoms with Crippen molar-refractivity contribution in [3.8, 4) is 5.75 Å². The fourth-order valence-electron chi connectivity index (χ4n) is 2.39. The molecule has 0 atom stereocenters. The number of phenols is 1. The van der Waals surface area contributed by atoms with Gasteiger partial charge in [0.1, 0.15) is 10.6 Å². The topological polar surface area (TPSA) is 104 Å². The first-order valence-electron chi connectivity index (χ1n) is 6.95. The summed E-state index contributed by atoms with van der Waals surface area (Å²) in [7, 11) is -4.52. The van der Waals surface area contributed by atoms with Gasteiger partial charge in [0.2, 0.25) is 0 Å². The van der Waals surface area contributed by atoms with Gasteiger partial charge in [0.05, 0.1) is 0 Å². The molecule has 3 aromatic rings. The number of hydrogen-bond donors (Lipinski definition) is 3. The first-order valence-corrected chi connectivity index (χ1v) is 8.39. The number of fused-ring (bicyclic) bond motifs is 1. The van der Waals surface area contributed by atoms with Crippen molar-refractivity contribution in [2.24, 2.45) is 0 Å². The van der Waals surface area contributed by atoms with E-state index in [0.29, 0.717) is 16.6 Å². The Balaban J connectivity index is 2.05. The molecule has 0 spiro atoms. The zero-order chi connectivity index (χ0) is 17.3. The molecule has 0 bridgehead atoms. The van der Waals surface area contributed by atoms with Crippen LogP contribution in [-0.2, 0) is 10.1 Å². The largest absolute Gasteiger partial charge is 0.508 e. The van der Waals surface area contributed by atoms with Gasteiger partial charge in [-0.15, -0.1) is 0 Å². The van der Waals surface area contributed by atoms with Crippen molar-refractivity contribution in [2.75, 3.05) is 5.32 Å². The summed E-state index contributed by atoms with van der Waals surface area (Å²) in [5.74, 6) is -0.627. The van der Waals surface area contributed by atoms with Crippen LogP contribution in [0.4, 0.5) is 5.69 Å². The number of anilines is 1. The van der Waals surface area contributed by atoms with Crippen molar-refractivity contribution in [3.63, 3.8) is 0 Å². The summed E-state index contributed by atoms with van der Waals surface area (Å²) in [6.07, 6.45) is 0. The number of benzene rings is 3. The highest BCUT2D eigenvalue weighted by atomic mass is 32.2. The number of carbonyl (C=O) groups excluding carboxylic acids is 1. The van der Waals surface area contributed by atoms with E-state index < -0.39 is 15.0 Å². The number of aromatic hydroxyl groups is 1. The van der Waals surface area contributed by atoms with Crippen LogP contribution in [0.5, 0.6) is 5.75 Å². The van der Waals surface area contributed by atoms with E-state index in [9.17, 15) is 22.9 Å². The molecule has 3 aromatic carbocycles. The molecule has 1 amide bonds. The van der Waals surface area contributed by atoms with E-state index >= 15 is 0 Å². The van der Waals surface area contributed by atoms with Crippen molar-refractivity contribution < 1.29 is 22.9 Å². The second kappa shape index (κ2) is 5.95. The lowest BCUT2D eigenvalue weighted by molar-refractivity contribution is 0.102. The van der Waals surface area contributed by atoms with Crippen molar-refractivity contribution in [1.29, 1.82) is 0 Å². The van der Waals surface area contributed by atoms with Crippen LogP contribution in [0, 0.1) is 0 Å². The summed E-state index contributed by atoms with van der Waals surface area (Å²) in [5.41, 5.74) is 0.824. The highest BCUT2D eigenvalue weighted by Crippen LogP contribution is 2.30.